The van der Waals surface area contributed by atoms with Gasteiger partial charge in [-0.3, -0.25) is 0 Å². The number of benzene rings is 5. The van der Waals surface area contributed by atoms with Gasteiger partial charge in [0.2, 0.25) is 0 Å². The van der Waals surface area contributed by atoms with Crippen LogP contribution >= 0.6 is 11.3 Å². The van der Waals surface area contributed by atoms with Crippen LogP contribution in [0.25, 0.3) is 10.1 Å². The van der Waals surface area contributed by atoms with E-state index in [-0.39, 0.29) is 39.2 Å². The Morgan fingerprint density at radius 2 is 1.05 bits per heavy atom. The first-order valence-corrected chi connectivity index (χ1v) is 24.4. The van der Waals surface area contributed by atoms with E-state index in [2.05, 4.69) is 199 Å². The Morgan fingerprint density at radius 3 is 1.66 bits per heavy atom. The van der Waals surface area contributed by atoms with Crippen LogP contribution in [0.2, 0.25) is 0 Å². The van der Waals surface area contributed by atoms with Gasteiger partial charge in [-0.2, -0.15) is 0 Å². The van der Waals surface area contributed by atoms with E-state index < -0.39 is 0 Å². The normalized spacial score (nSPS) is 19.1. The second-order valence-electron chi connectivity index (χ2n) is 24.6. The molecule has 0 radical (unpaired) electrons. The first-order valence-electron chi connectivity index (χ1n) is 23.6. The third-order valence-corrected chi connectivity index (χ3v) is 17.3. The third kappa shape index (κ3) is 6.15. The lowest BCUT2D eigenvalue weighted by molar-refractivity contribution is 0.332. The van der Waals surface area contributed by atoms with Crippen LogP contribution in [0.15, 0.2) is 78.9 Å². The van der Waals surface area contributed by atoms with Gasteiger partial charge in [0.05, 0.1) is 5.69 Å². The molecule has 5 aromatic carbocycles. The summed E-state index contributed by atoms with van der Waals surface area (Å²) in [7, 11) is 0. The first-order chi connectivity index (χ1) is 28.8. The van der Waals surface area contributed by atoms with Crippen molar-refractivity contribution in [1.29, 1.82) is 0 Å². The molecular formula is C58H69BN2S. The largest absolute Gasteiger partial charge is 0.311 e. The molecule has 0 fully saturated rings. The molecule has 320 valence electrons. The van der Waals surface area contributed by atoms with Crippen LogP contribution in [0.3, 0.4) is 0 Å². The predicted octanol–water partition coefficient (Wildman–Crippen LogP) is 14.9. The van der Waals surface area contributed by atoms with Gasteiger partial charge in [0.25, 0.3) is 6.71 Å². The van der Waals surface area contributed by atoms with Gasteiger partial charge in [-0.05, 0) is 176 Å². The van der Waals surface area contributed by atoms with E-state index in [0.717, 1.165) is 0 Å². The van der Waals surface area contributed by atoms with Crippen molar-refractivity contribution < 1.29 is 0 Å². The van der Waals surface area contributed by atoms with Crippen LogP contribution in [-0.2, 0) is 32.5 Å². The molecule has 2 aliphatic carbocycles. The van der Waals surface area contributed by atoms with E-state index in [1.54, 1.807) is 0 Å². The number of hydrogen-bond acceptors (Lipinski definition) is 3. The average Bonchev–Trinajstić information content (AvgIpc) is 3.56. The average molecular weight is 837 g/mol. The van der Waals surface area contributed by atoms with Crippen LogP contribution in [0.5, 0.6) is 0 Å². The van der Waals surface area contributed by atoms with E-state index in [4.69, 9.17) is 0 Å². The molecule has 0 saturated heterocycles. The molecule has 10 rings (SSSR count). The summed E-state index contributed by atoms with van der Waals surface area (Å²) in [5, 5.41) is 1.37. The SMILES string of the molecule is Cc1cc2c3c(c1)N(c1ccc4c(c1)C(C)(C)CCC4(C)C)c1c(sc4ccc(C(C)(C)C)cc14)B3c1ccc(C(C)(C)C)cc1N2c1cc2c(cc1C)C(C)(C)CCC2(C)C. The van der Waals surface area contributed by atoms with E-state index in [1.165, 1.54) is 130 Å². The highest BCUT2D eigenvalue weighted by molar-refractivity contribution is 7.33. The van der Waals surface area contributed by atoms with Crippen LogP contribution in [0.1, 0.15) is 167 Å². The number of nitrogens with zero attached hydrogens (tertiary/aromatic N) is 2. The fraction of sp³-hybridized carbons (Fsp3) is 0.448. The minimum Gasteiger partial charge on any atom is -0.311 e. The van der Waals surface area contributed by atoms with Gasteiger partial charge < -0.3 is 9.80 Å². The van der Waals surface area contributed by atoms with Gasteiger partial charge >= 0.3 is 0 Å². The number of aryl methyl sites for hydroxylation is 2. The van der Waals surface area contributed by atoms with E-state index >= 15 is 0 Å². The monoisotopic (exact) mass is 837 g/mol. The maximum Gasteiger partial charge on any atom is 0.264 e. The molecule has 0 atom stereocenters. The Morgan fingerprint density at radius 1 is 0.516 bits per heavy atom. The number of fused-ring (bicyclic) bond motifs is 8. The molecule has 0 amide bonds. The summed E-state index contributed by atoms with van der Waals surface area (Å²) in [6.07, 6.45) is 4.80. The summed E-state index contributed by atoms with van der Waals surface area (Å²) >= 11 is 2.02. The predicted molar refractivity (Wildman–Crippen MR) is 273 cm³/mol. The molecule has 4 aliphatic rings. The van der Waals surface area contributed by atoms with Gasteiger partial charge in [0.1, 0.15) is 0 Å². The molecule has 3 heterocycles. The summed E-state index contributed by atoms with van der Waals surface area (Å²) in [6.45, 7) is 38.6. The maximum atomic E-state index is 2.71. The number of hydrogen-bond donors (Lipinski definition) is 0. The molecule has 0 unspecified atom stereocenters. The minimum atomic E-state index is -0.0000610. The molecular weight excluding hydrogens is 768 g/mol. The summed E-state index contributed by atoms with van der Waals surface area (Å²) in [5.41, 5.74) is 22.7. The van der Waals surface area contributed by atoms with Crippen LogP contribution in [-0.4, -0.2) is 6.71 Å². The van der Waals surface area contributed by atoms with Crippen LogP contribution in [0, 0.1) is 13.8 Å². The molecule has 2 nitrogen and oxygen atoms in total. The molecule has 0 N–H and O–H groups in total. The van der Waals surface area contributed by atoms with Gasteiger partial charge in [0, 0.05) is 43.3 Å². The van der Waals surface area contributed by atoms with Gasteiger partial charge in [0.15, 0.2) is 0 Å². The maximum absolute atomic E-state index is 2.71. The Labute approximate surface area is 378 Å². The van der Waals surface area contributed by atoms with Crippen molar-refractivity contribution in [3.05, 3.63) is 123 Å². The Hall–Kier alpha value is -4.28. The van der Waals surface area contributed by atoms with Crippen molar-refractivity contribution in [2.45, 2.75) is 169 Å². The highest BCUT2D eigenvalue weighted by Gasteiger charge is 2.47. The zero-order valence-electron chi connectivity index (χ0n) is 40.7. The fourth-order valence-corrected chi connectivity index (χ4v) is 13.0. The molecule has 62 heavy (non-hydrogen) atoms. The Kier molecular flexibility index (Phi) is 8.85. The van der Waals surface area contributed by atoms with Gasteiger partial charge in [-0.15, -0.1) is 11.3 Å². The molecule has 4 heteroatoms. The molecule has 2 aliphatic heterocycles. The van der Waals surface area contributed by atoms with Crippen molar-refractivity contribution in [3.63, 3.8) is 0 Å². The van der Waals surface area contributed by atoms with Crippen molar-refractivity contribution in [1.82, 2.24) is 0 Å². The van der Waals surface area contributed by atoms with Crippen molar-refractivity contribution in [2.24, 2.45) is 0 Å². The molecule has 0 saturated carbocycles. The Bertz CT molecular complexity index is 2870. The van der Waals surface area contributed by atoms with Crippen molar-refractivity contribution in [2.75, 3.05) is 9.80 Å². The van der Waals surface area contributed by atoms with Crippen molar-refractivity contribution in [3.8, 4) is 0 Å². The molecule has 1 aromatic heterocycles. The van der Waals surface area contributed by atoms with Crippen LogP contribution in [0.4, 0.5) is 34.1 Å². The van der Waals surface area contributed by atoms with Gasteiger partial charge in [-0.25, -0.2) is 0 Å². The zero-order chi connectivity index (χ0) is 44.4. The fourth-order valence-electron chi connectivity index (χ4n) is 11.7. The molecule has 0 bridgehead atoms. The quantitative estimate of drug-likeness (QED) is 0.160. The zero-order valence-corrected chi connectivity index (χ0v) is 41.5. The smallest absolute Gasteiger partial charge is 0.264 e. The number of rotatable bonds is 2. The van der Waals surface area contributed by atoms with E-state index in [9.17, 15) is 0 Å². The highest BCUT2D eigenvalue weighted by Crippen LogP contribution is 2.54. The summed E-state index contributed by atoms with van der Waals surface area (Å²) < 4.78 is 2.82. The lowest BCUT2D eigenvalue weighted by Gasteiger charge is -2.46. The highest BCUT2D eigenvalue weighted by atomic mass is 32.1. The minimum absolute atomic E-state index is 0.0000610. The number of thiophene rings is 1. The summed E-state index contributed by atoms with van der Waals surface area (Å²) in [6, 6.07) is 32.6. The first kappa shape index (κ1) is 41.7. The third-order valence-electron chi connectivity index (χ3n) is 16.0. The summed E-state index contributed by atoms with van der Waals surface area (Å²) in [4.78, 5) is 5.41. The lowest BCUT2D eigenvalue weighted by Crippen LogP contribution is -2.60. The topological polar surface area (TPSA) is 6.48 Å². The lowest BCUT2D eigenvalue weighted by atomic mass is 9.36. The summed E-state index contributed by atoms with van der Waals surface area (Å²) in [5.74, 6) is 0. The van der Waals surface area contributed by atoms with E-state index in [1.807, 2.05) is 11.3 Å². The van der Waals surface area contributed by atoms with Gasteiger partial charge in [-0.1, -0.05) is 127 Å². The van der Waals surface area contributed by atoms with Crippen LogP contribution < -0.4 is 25.5 Å². The molecule has 0 spiro atoms. The number of anilines is 6. The molecule has 6 aromatic rings. The second kappa shape index (κ2) is 13.2. The standard InChI is InChI=1S/C58H69BN2S/c1-34-27-47-50-48(28-34)61(45-33-43-41(29-35(45)2)56(11,12)25-26-58(43,15)16)46-31-37(54(6,7)8)17-21-44(46)59(50)52-51(39-30-36(53(3,4)5)18-22-49(39)62-52)60(47)38-19-20-40-42(32-38)57(13,14)24-23-55(40,9)10/h17-22,27-33H,23-26H2,1-16H3. The second-order valence-corrected chi connectivity index (χ2v) is 25.7. The van der Waals surface area contributed by atoms with E-state index in [0.29, 0.717) is 0 Å². The van der Waals surface area contributed by atoms with Crippen molar-refractivity contribution >= 4 is 78.0 Å². The Balaban J connectivity index is 1.32.